The van der Waals surface area contributed by atoms with Crippen molar-refractivity contribution in [3.05, 3.63) is 58.5 Å². The van der Waals surface area contributed by atoms with Gasteiger partial charge in [0, 0.05) is 0 Å². The van der Waals surface area contributed by atoms with Crippen LogP contribution in [0.5, 0.6) is 17.2 Å². The number of aryl methyl sites for hydroxylation is 1. The third-order valence-electron chi connectivity index (χ3n) is 4.26. The van der Waals surface area contributed by atoms with Crippen LogP contribution in [0.25, 0.3) is 6.08 Å². The minimum absolute atomic E-state index is 0.102. The number of halogens is 2. The molecule has 0 aliphatic carbocycles. The molecule has 2 aromatic rings. The summed E-state index contributed by atoms with van der Waals surface area (Å²) >= 11 is 0.810. The first-order valence-corrected chi connectivity index (χ1v) is 10.4. The predicted molar refractivity (Wildman–Crippen MR) is 114 cm³/mol. The molecule has 9 heteroatoms. The molecule has 1 saturated heterocycles. The summed E-state index contributed by atoms with van der Waals surface area (Å²) in [5.74, 6) is 0.244. The number of benzene rings is 2. The fraction of sp³-hybridized carbons (Fsp3) is 0.273. The van der Waals surface area contributed by atoms with E-state index in [0.29, 0.717) is 11.3 Å². The van der Waals surface area contributed by atoms with Crippen LogP contribution in [0.4, 0.5) is 13.6 Å². The van der Waals surface area contributed by atoms with Crippen LogP contribution in [0.15, 0.2) is 47.4 Å². The maximum atomic E-state index is 12.6. The average Bonchev–Trinajstić information content (AvgIpc) is 2.98. The molecule has 0 aromatic heterocycles. The van der Waals surface area contributed by atoms with Gasteiger partial charge < -0.3 is 14.2 Å². The Morgan fingerprint density at radius 3 is 2.48 bits per heavy atom. The van der Waals surface area contributed by atoms with Crippen molar-refractivity contribution in [2.24, 2.45) is 0 Å². The fourth-order valence-electron chi connectivity index (χ4n) is 2.81. The van der Waals surface area contributed by atoms with Crippen LogP contribution in [-0.2, 0) is 4.79 Å². The molecule has 31 heavy (non-hydrogen) atoms. The Morgan fingerprint density at radius 1 is 1.06 bits per heavy atom. The second-order valence-electron chi connectivity index (χ2n) is 6.51. The average molecular weight is 449 g/mol. The van der Waals surface area contributed by atoms with Gasteiger partial charge in [0.2, 0.25) is 0 Å². The first-order valence-electron chi connectivity index (χ1n) is 9.54. The summed E-state index contributed by atoms with van der Waals surface area (Å²) in [4.78, 5) is 26.2. The van der Waals surface area contributed by atoms with E-state index in [1.165, 1.54) is 24.3 Å². The maximum Gasteiger partial charge on any atom is 0.387 e. The molecular weight excluding hydrogens is 428 g/mol. The number of amides is 2. The Bertz CT molecular complexity index is 978. The quantitative estimate of drug-likeness (QED) is 0.496. The third kappa shape index (κ3) is 5.97. The van der Waals surface area contributed by atoms with Crippen molar-refractivity contribution in [3.8, 4) is 17.2 Å². The van der Waals surface area contributed by atoms with Crippen LogP contribution in [0.2, 0.25) is 0 Å². The number of imide groups is 1. The van der Waals surface area contributed by atoms with Crippen LogP contribution in [0.1, 0.15) is 18.1 Å². The summed E-state index contributed by atoms with van der Waals surface area (Å²) in [6.45, 7) is 1.23. The number of alkyl halides is 2. The SMILES string of the molecule is CCOc1cc(/C=C2\SC(=O)N(CCOc3ccc(C)cc3)C2=O)ccc1OC(F)F. The van der Waals surface area contributed by atoms with E-state index in [1.807, 2.05) is 31.2 Å². The summed E-state index contributed by atoms with van der Waals surface area (Å²) in [6.07, 6.45) is 1.51. The molecule has 0 N–H and O–H groups in total. The van der Waals surface area contributed by atoms with Gasteiger partial charge in [0.1, 0.15) is 12.4 Å². The van der Waals surface area contributed by atoms with E-state index in [-0.39, 0.29) is 36.2 Å². The van der Waals surface area contributed by atoms with Gasteiger partial charge in [-0.25, -0.2) is 0 Å². The number of rotatable bonds is 9. The molecule has 0 spiro atoms. The molecule has 0 unspecified atom stereocenters. The van der Waals surface area contributed by atoms with Gasteiger partial charge in [-0.05, 0) is 61.5 Å². The molecule has 1 aliphatic heterocycles. The van der Waals surface area contributed by atoms with E-state index in [4.69, 9.17) is 9.47 Å². The van der Waals surface area contributed by atoms with Crippen molar-refractivity contribution < 1.29 is 32.6 Å². The van der Waals surface area contributed by atoms with E-state index < -0.39 is 17.8 Å². The van der Waals surface area contributed by atoms with Crippen molar-refractivity contribution in [1.82, 2.24) is 4.90 Å². The van der Waals surface area contributed by atoms with Crippen LogP contribution in [0, 0.1) is 6.92 Å². The van der Waals surface area contributed by atoms with Crippen LogP contribution in [-0.4, -0.2) is 42.4 Å². The lowest BCUT2D eigenvalue weighted by molar-refractivity contribution is -0.123. The highest BCUT2D eigenvalue weighted by Gasteiger charge is 2.34. The Morgan fingerprint density at radius 2 is 1.81 bits per heavy atom. The minimum atomic E-state index is -2.98. The first kappa shape index (κ1) is 22.6. The number of carbonyl (C=O) groups excluding carboxylic acids is 2. The molecular formula is C22H21F2NO5S. The molecule has 1 heterocycles. The first-order chi connectivity index (χ1) is 14.9. The number of nitrogens with zero attached hydrogens (tertiary/aromatic N) is 1. The van der Waals surface area contributed by atoms with Gasteiger partial charge in [0.15, 0.2) is 11.5 Å². The number of carbonyl (C=O) groups is 2. The molecule has 164 valence electrons. The lowest BCUT2D eigenvalue weighted by atomic mass is 10.2. The van der Waals surface area contributed by atoms with Gasteiger partial charge in [-0.1, -0.05) is 23.8 Å². The summed E-state index contributed by atoms with van der Waals surface area (Å²) in [5, 5.41) is -0.397. The van der Waals surface area contributed by atoms with Crippen LogP contribution < -0.4 is 14.2 Å². The van der Waals surface area contributed by atoms with Crippen LogP contribution >= 0.6 is 11.8 Å². The smallest absolute Gasteiger partial charge is 0.387 e. The Kier molecular flexibility index (Phi) is 7.51. The van der Waals surface area contributed by atoms with E-state index in [0.717, 1.165) is 22.2 Å². The molecule has 2 aromatic carbocycles. The standard InChI is InChI=1S/C22H21F2NO5S/c1-3-28-18-12-15(6-9-17(18)30-21(23)24)13-19-20(26)25(22(27)31-19)10-11-29-16-7-4-14(2)5-8-16/h4-9,12-13,21H,3,10-11H2,1-2H3/b19-13-. The van der Waals surface area contributed by atoms with Gasteiger partial charge in [-0.2, -0.15) is 8.78 Å². The molecule has 2 amide bonds. The zero-order chi connectivity index (χ0) is 22.4. The highest BCUT2D eigenvalue weighted by atomic mass is 32.2. The second kappa shape index (κ2) is 10.3. The molecule has 3 rings (SSSR count). The largest absolute Gasteiger partial charge is 0.492 e. The van der Waals surface area contributed by atoms with Crippen molar-refractivity contribution in [2.75, 3.05) is 19.8 Å². The second-order valence-corrected chi connectivity index (χ2v) is 7.51. The fourth-order valence-corrected chi connectivity index (χ4v) is 3.67. The van der Waals surface area contributed by atoms with Crippen molar-refractivity contribution in [2.45, 2.75) is 20.5 Å². The lowest BCUT2D eigenvalue weighted by Crippen LogP contribution is -2.32. The molecule has 0 radical (unpaired) electrons. The van der Waals surface area contributed by atoms with E-state index in [1.54, 1.807) is 6.92 Å². The Balaban J connectivity index is 1.67. The van der Waals surface area contributed by atoms with Gasteiger partial charge in [0.05, 0.1) is 18.1 Å². The molecule has 0 atom stereocenters. The number of hydrogen-bond acceptors (Lipinski definition) is 6. The van der Waals surface area contributed by atoms with Crippen molar-refractivity contribution in [1.29, 1.82) is 0 Å². The summed E-state index contributed by atoms with van der Waals surface area (Å²) in [7, 11) is 0. The highest BCUT2D eigenvalue weighted by Crippen LogP contribution is 2.35. The molecule has 1 aliphatic rings. The Hall–Kier alpha value is -3.07. The maximum absolute atomic E-state index is 12.6. The topological polar surface area (TPSA) is 65.1 Å². The van der Waals surface area contributed by atoms with E-state index >= 15 is 0 Å². The zero-order valence-corrected chi connectivity index (χ0v) is 17.8. The van der Waals surface area contributed by atoms with E-state index in [9.17, 15) is 18.4 Å². The molecule has 0 bridgehead atoms. The zero-order valence-electron chi connectivity index (χ0n) is 17.0. The molecule has 1 fully saturated rings. The summed E-state index contributed by atoms with van der Waals surface area (Å²) < 4.78 is 40.5. The summed E-state index contributed by atoms with van der Waals surface area (Å²) in [6, 6.07) is 11.8. The molecule has 6 nitrogen and oxygen atoms in total. The minimum Gasteiger partial charge on any atom is -0.492 e. The van der Waals surface area contributed by atoms with E-state index in [2.05, 4.69) is 4.74 Å². The van der Waals surface area contributed by atoms with Gasteiger partial charge in [-0.15, -0.1) is 0 Å². The number of ether oxygens (including phenoxy) is 3. The third-order valence-corrected chi connectivity index (χ3v) is 5.17. The normalized spacial score (nSPS) is 15.1. The number of hydrogen-bond donors (Lipinski definition) is 0. The van der Waals surface area contributed by atoms with Crippen molar-refractivity contribution in [3.63, 3.8) is 0 Å². The van der Waals surface area contributed by atoms with Crippen molar-refractivity contribution >= 4 is 29.0 Å². The molecule has 0 saturated carbocycles. The predicted octanol–water partition coefficient (Wildman–Crippen LogP) is 5.11. The lowest BCUT2D eigenvalue weighted by Gasteiger charge is -2.13. The summed E-state index contributed by atoms with van der Waals surface area (Å²) in [5.41, 5.74) is 1.62. The highest BCUT2D eigenvalue weighted by molar-refractivity contribution is 8.18. The van der Waals surface area contributed by atoms with Gasteiger partial charge in [0.25, 0.3) is 11.1 Å². The Labute approximate surface area is 182 Å². The van der Waals surface area contributed by atoms with Gasteiger partial charge in [-0.3, -0.25) is 14.5 Å². The van der Waals surface area contributed by atoms with Crippen LogP contribution in [0.3, 0.4) is 0 Å². The number of thioether (sulfide) groups is 1. The monoisotopic (exact) mass is 449 g/mol. The van der Waals surface area contributed by atoms with Gasteiger partial charge >= 0.3 is 6.61 Å².